The van der Waals surface area contributed by atoms with Crippen LogP contribution in [0.1, 0.15) is 6.42 Å². The van der Waals surface area contributed by atoms with Gasteiger partial charge in [0.05, 0.1) is 25.9 Å². The van der Waals surface area contributed by atoms with Crippen molar-refractivity contribution >= 4 is 0 Å². The fraction of sp³-hybridized carbons (Fsp3) is 1.00. The van der Waals surface area contributed by atoms with Crippen LogP contribution in [0.15, 0.2) is 0 Å². The largest absolute Gasteiger partial charge is 0.388 e. The number of rotatable bonds is 2. The van der Waals surface area contributed by atoms with Gasteiger partial charge in [0.25, 0.3) is 0 Å². The SMILES string of the molecule is O[C@@H]1CO[C@H]2[C@@H]1OC[C@@]2(O)CC1CO1. The fourth-order valence-corrected chi connectivity index (χ4v) is 2.33. The third-order valence-corrected chi connectivity index (χ3v) is 3.16. The quantitative estimate of drug-likeness (QED) is 0.543. The summed E-state index contributed by atoms with van der Waals surface area (Å²) < 4.78 is 15.8. The number of epoxide rings is 1. The number of aliphatic hydroxyl groups is 2. The standard InChI is InChI=1S/C9H14O5/c10-6-3-13-8-7(6)14-4-9(8,11)1-5-2-12-5/h5-8,10-11H,1-4H2/t5?,6-,7-,8+,9+/m1/s1. The van der Waals surface area contributed by atoms with Gasteiger partial charge in [-0.15, -0.1) is 0 Å². The Balaban J connectivity index is 1.74. The molecule has 3 saturated heterocycles. The van der Waals surface area contributed by atoms with Crippen molar-refractivity contribution in [3.05, 3.63) is 0 Å². The zero-order chi connectivity index (χ0) is 9.76. The number of hydrogen-bond acceptors (Lipinski definition) is 5. The van der Waals surface area contributed by atoms with Gasteiger partial charge in [-0.2, -0.15) is 0 Å². The molecular weight excluding hydrogens is 188 g/mol. The second kappa shape index (κ2) is 2.90. The number of aliphatic hydroxyl groups excluding tert-OH is 1. The van der Waals surface area contributed by atoms with Gasteiger partial charge in [-0.25, -0.2) is 0 Å². The second-order valence-electron chi connectivity index (χ2n) is 4.36. The van der Waals surface area contributed by atoms with Crippen LogP contribution < -0.4 is 0 Å². The van der Waals surface area contributed by atoms with Crippen LogP contribution in [0.5, 0.6) is 0 Å². The van der Waals surface area contributed by atoms with Crippen molar-refractivity contribution in [2.75, 3.05) is 19.8 Å². The number of ether oxygens (including phenoxy) is 3. The molecule has 0 aromatic rings. The van der Waals surface area contributed by atoms with Crippen molar-refractivity contribution in [1.29, 1.82) is 0 Å². The van der Waals surface area contributed by atoms with Crippen LogP contribution in [0.25, 0.3) is 0 Å². The van der Waals surface area contributed by atoms with Crippen LogP contribution in [-0.2, 0) is 14.2 Å². The molecule has 5 heteroatoms. The van der Waals surface area contributed by atoms with E-state index in [2.05, 4.69) is 0 Å². The minimum Gasteiger partial charge on any atom is -0.388 e. The Morgan fingerprint density at radius 3 is 2.71 bits per heavy atom. The maximum Gasteiger partial charge on any atom is 0.119 e. The molecule has 0 amide bonds. The first-order chi connectivity index (χ1) is 6.69. The average Bonchev–Trinajstić information content (AvgIpc) is 2.75. The molecule has 0 aliphatic carbocycles. The molecule has 5 atom stereocenters. The van der Waals surface area contributed by atoms with E-state index in [1.54, 1.807) is 0 Å². The summed E-state index contributed by atoms with van der Waals surface area (Å²) in [6.45, 7) is 1.20. The summed E-state index contributed by atoms with van der Waals surface area (Å²) in [5, 5.41) is 19.7. The van der Waals surface area contributed by atoms with Crippen LogP contribution in [0.3, 0.4) is 0 Å². The first kappa shape index (κ1) is 9.06. The van der Waals surface area contributed by atoms with Crippen LogP contribution in [-0.4, -0.2) is 60.1 Å². The summed E-state index contributed by atoms with van der Waals surface area (Å²) in [6, 6.07) is 0. The summed E-state index contributed by atoms with van der Waals surface area (Å²) >= 11 is 0. The van der Waals surface area contributed by atoms with E-state index < -0.39 is 11.7 Å². The predicted molar refractivity (Wildman–Crippen MR) is 44.8 cm³/mol. The Morgan fingerprint density at radius 2 is 2.00 bits per heavy atom. The first-order valence-electron chi connectivity index (χ1n) is 4.94. The molecule has 5 nitrogen and oxygen atoms in total. The lowest BCUT2D eigenvalue weighted by atomic mass is 9.91. The summed E-state index contributed by atoms with van der Waals surface area (Å²) in [5.74, 6) is 0. The normalized spacial score (nSPS) is 56.1. The Kier molecular flexibility index (Phi) is 1.87. The summed E-state index contributed by atoms with van der Waals surface area (Å²) in [4.78, 5) is 0. The molecule has 14 heavy (non-hydrogen) atoms. The van der Waals surface area contributed by atoms with Gasteiger partial charge in [-0.3, -0.25) is 0 Å². The highest BCUT2D eigenvalue weighted by atomic mass is 16.6. The zero-order valence-corrected chi connectivity index (χ0v) is 7.76. The van der Waals surface area contributed by atoms with Gasteiger partial charge in [-0.05, 0) is 0 Å². The van der Waals surface area contributed by atoms with Crippen molar-refractivity contribution in [2.45, 2.75) is 36.4 Å². The predicted octanol–water partition coefficient (Wildman–Crippen LogP) is -1.34. The van der Waals surface area contributed by atoms with Crippen LogP contribution in [0, 0.1) is 0 Å². The summed E-state index contributed by atoms with van der Waals surface area (Å²) in [6.07, 6.45) is -0.667. The van der Waals surface area contributed by atoms with E-state index in [1.807, 2.05) is 0 Å². The van der Waals surface area contributed by atoms with Gasteiger partial charge in [-0.1, -0.05) is 0 Å². The third kappa shape index (κ3) is 1.28. The van der Waals surface area contributed by atoms with E-state index in [0.29, 0.717) is 13.0 Å². The highest BCUT2D eigenvalue weighted by Crippen LogP contribution is 2.38. The van der Waals surface area contributed by atoms with Gasteiger partial charge in [0.2, 0.25) is 0 Å². The molecule has 3 aliphatic rings. The monoisotopic (exact) mass is 202 g/mol. The smallest absolute Gasteiger partial charge is 0.119 e. The molecule has 80 valence electrons. The minimum absolute atomic E-state index is 0.142. The van der Waals surface area contributed by atoms with Crippen molar-refractivity contribution in [2.24, 2.45) is 0 Å². The molecule has 0 aromatic heterocycles. The highest BCUT2D eigenvalue weighted by Gasteiger charge is 2.57. The molecule has 1 unspecified atom stereocenters. The number of hydrogen-bond donors (Lipinski definition) is 2. The fourth-order valence-electron chi connectivity index (χ4n) is 2.33. The molecule has 0 bridgehead atoms. The van der Waals surface area contributed by atoms with E-state index in [0.717, 1.165) is 0 Å². The van der Waals surface area contributed by atoms with E-state index in [1.165, 1.54) is 0 Å². The Hall–Kier alpha value is -0.200. The molecule has 3 rings (SSSR count). The highest BCUT2D eigenvalue weighted by molar-refractivity contribution is 5.05. The molecule has 2 N–H and O–H groups in total. The van der Waals surface area contributed by atoms with Gasteiger partial charge < -0.3 is 24.4 Å². The lowest BCUT2D eigenvalue weighted by Gasteiger charge is -2.25. The van der Waals surface area contributed by atoms with Crippen molar-refractivity contribution in [3.8, 4) is 0 Å². The minimum atomic E-state index is -0.969. The third-order valence-electron chi connectivity index (χ3n) is 3.16. The average molecular weight is 202 g/mol. The Labute approximate surface area is 81.6 Å². The maximum absolute atomic E-state index is 10.2. The molecule has 0 aromatic carbocycles. The summed E-state index contributed by atoms with van der Waals surface area (Å²) in [5.41, 5.74) is -0.969. The van der Waals surface area contributed by atoms with Crippen molar-refractivity contribution < 1.29 is 24.4 Å². The lowest BCUT2D eigenvalue weighted by molar-refractivity contribution is -0.0767. The molecule has 0 spiro atoms. The van der Waals surface area contributed by atoms with Gasteiger partial charge >= 0.3 is 0 Å². The van der Waals surface area contributed by atoms with Crippen LogP contribution >= 0.6 is 0 Å². The van der Waals surface area contributed by atoms with Gasteiger partial charge in [0, 0.05) is 6.42 Å². The van der Waals surface area contributed by atoms with Gasteiger partial charge in [0.1, 0.15) is 23.9 Å². The molecular formula is C9H14O5. The maximum atomic E-state index is 10.2. The first-order valence-corrected chi connectivity index (χ1v) is 4.94. The van der Waals surface area contributed by atoms with E-state index in [4.69, 9.17) is 14.2 Å². The van der Waals surface area contributed by atoms with Crippen LogP contribution in [0.4, 0.5) is 0 Å². The molecule has 0 radical (unpaired) electrons. The molecule has 3 aliphatic heterocycles. The number of fused-ring (bicyclic) bond motifs is 1. The van der Waals surface area contributed by atoms with E-state index >= 15 is 0 Å². The van der Waals surface area contributed by atoms with Crippen LogP contribution in [0.2, 0.25) is 0 Å². The molecule has 3 fully saturated rings. The summed E-state index contributed by atoms with van der Waals surface area (Å²) in [7, 11) is 0. The van der Waals surface area contributed by atoms with E-state index in [9.17, 15) is 10.2 Å². The topological polar surface area (TPSA) is 71.5 Å². The molecule has 3 heterocycles. The Bertz CT molecular complexity index is 241. The van der Waals surface area contributed by atoms with Gasteiger partial charge in [0.15, 0.2) is 0 Å². The molecule has 0 saturated carbocycles. The zero-order valence-electron chi connectivity index (χ0n) is 7.76. The Morgan fingerprint density at radius 1 is 1.21 bits per heavy atom. The van der Waals surface area contributed by atoms with Crippen molar-refractivity contribution in [1.82, 2.24) is 0 Å². The lowest BCUT2D eigenvalue weighted by Crippen LogP contribution is -2.44. The van der Waals surface area contributed by atoms with E-state index in [-0.39, 0.29) is 31.5 Å². The second-order valence-corrected chi connectivity index (χ2v) is 4.36. The van der Waals surface area contributed by atoms with Crippen molar-refractivity contribution in [3.63, 3.8) is 0 Å².